The van der Waals surface area contributed by atoms with Crippen molar-refractivity contribution in [2.45, 2.75) is 38.5 Å². The van der Waals surface area contributed by atoms with Gasteiger partial charge in [-0.3, -0.25) is 0 Å². The zero-order valence-electron chi connectivity index (χ0n) is 11.2. The first-order chi connectivity index (χ1) is 8.51. The maximum Gasteiger partial charge on any atom is 0.0937 e. The van der Waals surface area contributed by atoms with Crippen LogP contribution in [-0.2, 0) is 0 Å². The van der Waals surface area contributed by atoms with Crippen LogP contribution in [0.3, 0.4) is 0 Å². The second-order valence-electron chi connectivity index (χ2n) is 6.93. The van der Waals surface area contributed by atoms with Gasteiger partial charge in [-0.05, 0) is 50.0 Å². The molecule has 4 rings (SSSR count). The minimum Gasteiger partial charge on any atom is -0.384 e. The lowest BCUT2D eigenvalue weighted by Gasteiger charge is -2.42. The Balaban J connectivity index is 1.84. The van der Waals surface area contributed by atoms with Crippen LogP contribution in [0.2, 0.25) is 0 Å². The van der Waals surface area contributed by atoms with E-state index in [1.165, 1.54) is 24.3 Å². The molecule has 1 heterocycles. The van der Waals surface area contributed by atoms with E-state index in [-0.39, 0.29) is 10.8 Å². The van der Waals surface area contributed by atoms with Crippen molar-refractivity contribution in [2.24, 2.45) is 16.7 Å². The molecular formula is C16H21OP. The van der Waals surface area contributed by atoms with Crippen LogP contribution in [0.1, 0.15) is 33.1 Å². The molecule has 1 aromatic rings. The summed E-state index contributed by atoms with van der Waals surface area (Å²) >= 11 is 0. The summed E-state index contributed by atoms with van der Waals surface area (Å²) in [7, 11) is -0.392. The zero-order valence-corrected chi connectivity index (χ0v) is 12.1. The highest BCUT2D eigenvalue weighted by Gasteiger charge is 2.77. The van der Waals surface area contributed by atoms with Gasteiger partial charge in [-0.2, -0.15) is 0 Å². The Labute approximate surface area is 110 Å². The molecule has 0 spiro atoms. The number of aliphatic hydroxyl groups is 1. The molecule has 5 atom stereocenters. The van der Waals surface area contributed by atoms with E-state index >= 15 is 0 Å². The molecule has 1 saturated heterocycles. The summed E-state index contributed by atoms with van der Waals surface area (Å²) in [6, 6.07) is 10.8. The minimum atomic E-state index is -0.392. The van der Waals surface area contributed by atoms with Crippen molar-refractivity contribution in [1.29, 1.82) is 0 Å². The molecule has 0 radical (unpaired) electrons. The van der Waals surface area contributed by atoms with Gasteiger partial charge >= 0.3 is 0 Å². The topological polar surface area (TPSA) is 20.2 Å². The van der Waals surface area contributed by atoms with Gasteiger partial charge in [0.2, 0.25) is 0 Å². The highest BCUT2D eigenvalue weighted by atomic mass is 31.1. The summed E-state index contributed by atoms with van der Waals surface area (Å²) in [6.45, 7) is 4.82. The molecule has 0 unspecified atom stereocenters. The van der Waals surface area contributed by atoms with Gasteiger partial charge in [0, 0.05) is 5.41 Å². The molecule has 1 aliphatic heterocycles. The van der Waals surface area contributed by atoms with Crippen molar-refractivity contribution in [2.75, 3.05) is 6.16 Å². The van der Waals surface area contributed by atoms with Gasteiger partial charge in [0.05, 0.1) is 5.34 Å². The lowest BCUT2D eigenvalue weighted by molar-refractivity contribution is -0.00380. The molecule has 1 nitrogen and oxygen atoms in total. The van der Waals surface area contributed by atoms with Gasteiger partial charge in [0.15, 0.2) is 0 Å². The second-order valence-corrected chi connectivity index (χ2v) is 9.36. The SMILES string of the molecule is C[C@]12CC[C@@H]3C[C@@]1(O)[P@@](c1ccccc1)C[C@]32C. The van der Waals surface area contributed by atoms with E-state index in [1.807, 2.05) is 0 Å². The molecule has 0 aromatic heterocycles. The molecule has 18 heavy (non-hydrogen) atoms. The average molecular weight is 260 g/mol. The van der Waals surface area contributed by atoms with Crippen LogP contribution in [0.25, 0.3) is 0 Å². The van der Waals surface area contributed by atoms with Crippen LogP contribution in [0.5, 0.6) is 0 Å². The van der Waals surface area contributed by atoms with Gasteiger partial charge < -0.3 is 5.11 Å². The van der Waals surface area contributed by atoms with Crippen molar-refractivity contribution < 1.29 is 5.11 Å². The first-order valence-electron chi connectivity index (χ1n) is 7.06. The summed E-state index contributed by atoms with van der Waals surface area (Å²) in [4.78, 5) is 0. The summed E-state index contributed by atoms with van der Waals surface area (Å²) in [5.41, 5.74) is 0.565. The zero-order chi connectivity index (χ0) is 12.6. The maximum absolute atomic E-state index is 11.4. The monoisotopic (exact) mass is 260 g/mol. The van der Waals surface area contributed by atoms with E-state index in [2.05, 4.69) is 44.2 Å². The molecule has 4 bridgehead atoms. The van der Waals surface area contributed by atoms with E-state index in [0.29, 0.717) is 5.41 Å². The van der Waals surface area contributed by atoms with Crippen LogP contribution in [0.15, 0.2) is 30.3 Å². The highest BCUT2D eigenvalue weighted by molar-refractivity contribution is 7.67. The van der Waals surface area contributed by atoms with Crippen LogP contribution in [-0.4, -0.2) is 16.6 Å². The Morgan fingerprint density at radius 2 is 1.94 bits per heavy atom. The van der Waals surface area contributed by atoms with Gasteiger partial charge in [-0.25, -0.2) is 0 Å². The lowest BCUT2D eigenvalue weighted by atomic mass is 9.70. The molecule has 3 aliphatic rings. The normalized spacial score (nSPS) is 53.1. The molecule has 2 heteroatoms. The van der Waals surface area contributed by atoms with Crippen molar-refractivity contribution in [3.8, 4) is 0 Å². The molecule has 2 aliphatic carbocycles. The van der Waals surface area contributed by atoms with Crippen molar-refractivity contribution in [3.63, 3.8) is 0 Å². The minimum absolute atomic E-state index is 0.173. The summed E-state index contributed by atoms with van der Waals surface area (Å²) in [6.07, 6.45) is 4.87. The standard InChI is InChI=1S/C16H21OP/c1-14-11-18(13-6-4-3-5-7-13)16(17)10-12(14)8-9-15(14,16)2/h3-7,12,17H,8-11H2,1-2H3/t12-,14-,15-,16-,18-/m1/s1. The van der Waals surface area contributed by atoms with E-state index in [9.17, 15) is 5.11 Å². The predicted octanol–water partition coefficient (Wildman–Crippen LogP) is 3.32. The predicted molar refractivity (Wildman–Crippen MR) is 76.4 cm³/mol. The molecule has 3 fully saturated rings. The lowest BCUT2D eigenvalue weighted by Crippen LogP contribution is -2.41. The summed E-state index contributed by atoms with van der Waals surface area (Å²) < 4.78 is 0. The first-order valence-corrected chi connectivity index (χ1v) is 8.59. The van der Waals surface area contributed by atoms with Crippen molar-refractivity contribution >= 4 is 13.2 Å². The third kappa shape index (κ3) is 1.00. The second kappa shape index (κ2) is 3.19. The fourth-order valence-corrected chi connectivity index (χ4v) is 9.23. The largest absolute Gasteiger partial charge is 0.384 e. The van der Waals surface area contributed by atoms with Crippen LogP contribution < -0.4 is 5.30 Å². The third-order valence-corrected chi connectivity index (χ3v) is 10.0. The molecular weight excluding hydrogens is 239 g/mol. The Bertz CT molecular complexity index is 501. The summed E-state index contributed by atoms with van der Waals surface area (Å²) in [5.74, 6) is 0.773. The smallest absolute Gasteiger partial charge is 0.0937 e. The average Bonchev–Trinajstić information content (AvgIpc) is 2.79. The molecule has 1 aromatic carbocycles. The molecule has 1 N–H and O–H groups in total. The van der Waals surface area contributed by atoms with E-state index in [4.69, 9.17) is 0 Å². The van der Waals surface area contributed by atoms with Gasteiger partial charge in [-0.1, -0.05) is 44.2 Å². The van der Waals surface area contributed by atoms with Gasteiger partial charge in [0.25, 0.3) is 0 Å². The molecule has 0 amide bonds. The quantitative estimate of drug-likeness (QED) is 0.768. The van der Waals surface area contributed by atoms with Gasteiger partial charge in [0.1, 0.15) is 0 Å². The summed E-state index contributed by atoms with van der Waals surface area (Å²) in [5, 5.41) is 12.4. The van der Waals surface area contributed by atoms with E-state index in [0.717, 1.165) is 12.3 Å². The van der Waals surface area contributed by atoms with E-state index in [1.54, 1.807) is 0 Å². The van der Waals surface area contributed by atoms with Crippen molar-refractivity contribution in [1.82, 2.24) is 0 Å². The Morgan fingerprint density at radius 3 is 2.56 bits per heavy atom. The van der Waals surface area contributed by atoms with Gasteiger partial charge in [-0.15, -0.1) is 0 Å². The Morgan fingerprint density at radius 1 is 1.22 bits per heavy atom. The molecule has 2 saturated carbocycles. The highest BCUT2D eigenvalue weighted by Crippen LogP contribution is 2.85. The van der Waals surface area contributed by atoms with Crippen molar-refractivity contribution in [3.05, 3.63) is 30.3 Å². The third-order valence-electron chi connectivity index (χ3n) is 6.57. The Kier molecular flexibility index (Phi) is 2.03. The first kappa shape index (κ1) is 11.4. The van der Waals surface area contributed by atoms with Crippen LogP contribution >= 0.6 is 7.92 Å². The van der Waals surface area contributed by atoms with Crippen LogP contribution in [0.4, 0.5) is 0 Å². The van der Waals surface area contributed by atoms with Crippen LogP contribution in [0, 0.1) is 16.7 Å². The number of hydrogen-bond donors (Lipinski definition) is 1. The Hall–Kier alpha value is -0.390. The fraction of sp³-hybridized carbons (Fsp3) is 0.625. The number of rotatable bonds is 1. The molecule has 96 valence electrons. The number of hydrogen-bond acceptors (Lipinski definition) is 1. The number of benzene rings is 1. The van der Waals surface area contributed by atoms with E-state index < -0.39 is 7.92 Å². The maximum atomic E-state index is 11.4. The fourth-order valence-electron chi connectivity index (χ4n) is 5.15.